The standard InChI is InChI=1S/C24H23NO3S/c1-28-24(27)21-20(15-29-23(21)25-22(26)19-9-5-6-10-19)18-13-11-17(12-14-18)16-7-3-2-4-8-16/h2-4,7-8,11-15,19H,5-6,9-10H2,1H3,(H,25,26). The van der Waals surface area contributed by atoms with Crippen molar-refractivity contribution in [2.75, 3.05) is 12.4 Å². The number of benzene rings is 2. The van der Waals surface area contributed by atoms with Crippen LogP contribution in [0.25, 0.3) is 22.3 Å². The molecular formula is C24H23NO3S. The molecule has 1 aliphatic rings. The number of nitrogens with one attached hydrogen (secondary N) is 1. The second kappa shape index (κ2) is 8.62. The molecule has 5 heteroatoms. The van der Waals surface area contributed by atoms with Crippen molar-refractivity contribution in [3.8, 4) is 22.3 Å². The summed E-state index contributed by atoms with van der Waals surface area (Å²) in [6, 6.07) is 18.2. The van der Waals surface area contributed by atoms with E-state index in [2.05, 4.69) is 17.4 Å². The highest BCUT2D eigenvalue weighted by molar-refractivity contribution is 7.15. The third kappa shape index (κ3) is 4.10. The van der Waals surface area contributed by atoms with Gasteiger partial charge in [-0.15, -0.1) is 11.3 Å². The normalized spacial score (nSPS) is 14.0. The van der Waals surface area contributed by atoms with E-state index in [0.717, 1.165) is 47.9 Å². The van der Waals surface area contributed by atoms with Gasteiger partial charge in [-0.1, -0.05) is 67.4 Å². The van der Waals surface area contributed by atoms with Crippen molar-refractivity contribution in [1.29, 1.82) is 0 Å². The second-order valence-electron chi connectivity index (χ2n) is 7.26. The average molecular weight is 406 g/mol. The molecule has 1 amide bonds. The van der Waals surface area contributed by atoms with Gasteiger partial charge >= 0.3 is 5.97 Å². The maximum absolute atomic E-state index is 12.6. The summed E-state index contributed by atoms with van der Waals surface area (Å²) >= 11 is 1.37. The number of hydrogen-bond acceptors (Lipinski definition) is 4. The molecule has 148 valence electrons. The zero-order valence-electron chi connectivity index (χ0n) is 16.3. The molecule has 1 saturated carbocycles. The van der Waals surface area contributed by atoms with E-state index in [1.54, 1.807) is 0 Å². The zero-order valence-corrected chi connectivity index (χ0v) is 17.1. The lowest BCUT2D eigenvalue weighted by Crippen LogP contribution is -2.21. The summed E-state index contributed by atoms with van der Waals surface area (Å²) in [5.41, 5.74) is 4.38. The van der Waals surface area contributed by atoms with E-state index >= 15 is 0 Å². The number of ether oxygens (including phenoxy) is 1. The van der Waals surface area contributed by atoms with Gasteiger partial charge in [0, 0.05) is 16.9 Å². The van der Waals surface area contributed by atoms with Crippen LogP contribution in [0.3, 0.4) is 0 Å². The number of anilines is 1. The van der Waals surface area contributed by atoms with Gasteiger partial charge in [-0.3, -0.25) is 4.79 Å². The first-order valence-electron chi connectivity index (χ1n) is 9.84. The van der Waals surface area contributed by atoms with E-state index in [-0.39, 0.29) is 11.8 Å². The maximum atomic E-state index is 12.6. The monoisotopic (exact) mass is 405 g/mol. The summed E-state index contributed by atoms with van der Waals surface area (Å²) in [4.78, 5) is 25.1. The van der Waals surface area contributed by atoms with Crippen LogP contribution in [0.4, 0.5) is 5.00 Å². The first kappa shape index (κ1) is 19.4. The van der Waals surface area contributed by atoms with Gasteiger partial charge in [0.15, 0.2) is 0 Å². The molecule has 0 atom stereocenters. The van der Waals surface area contributed by atoms with Crippen LogP contribution in [0.15, 0.2) is 60.0 Å². The Kier molecular flexibility index (Phi) is 5.76. The largest absolute Gasteiger partial charge is 0.465 e. The Morgan fingerprint density at radius 2 is 1.55 bits per heavy atom. The maximum Gasteiger partial charge on any atom is 0.341 e. The first-order valence-corrected chi connectivity index (χ1v) is 10.7. The third-order valence-electron chi connectivity index (χ3n) is 5.45. The van der Waals surface area contributed by atoms with E-state index in [1.807, 2.05) is 47.8 Å². The average Bonchev–Trinajstić information content (AvgIpc) is 3.44. The molecular weight excluding hydrogens is 382 g/mol. The first-order chi connectivity index (χ1) is 14.2. The van der Waals surface area contributed by atoms with Crippen molar-refractivity contribution in [1.82, 2.24) is 0 Å². The van der Waals surface area contributed by atoms with Crippen molar-refractivity contribution < 1.29 is 14.3 Å². The Morgan fingerprint density at radius 3 is 2.21 bits per heavy atom. The molecule has 0 spiro atoms. The second-order valence-corrected chi connectivity index (χ2v) is 8.14. The number of methoxy groups -OCH3 is 1. The molecule has 2 aromatic carbocycles. The Bertz CT molecular complexity index is 1000. The molecule has 3 aromatic rings. The minimum Gasteiger partial charge on any atom is -0.465 e. The highest BCUT2D eigenvalue weighted by Gasteiger charge is 2.27. The Morgan fingerprint density at radius 1 is 0.931 bits per heavy atom. The molecule has 1 aliphatic carbocycles. The van der Waals surface area contributed by atoms with Crippen molar-refractivity contribution >= 4 is 28.2 Å². The van der Waals surface area contributed by atoms with Crippen LogP contribution >= 0.6 is 11.3 Å². The van der Waals surface area contributed by atoms with Gasteiger partial charge in [0.1, 0.15) is 10.6 Å². The fourth-order valence-corrected chi connectivity index (χ4v) is 4.80. The molecule has 1 N–H and O–H groups in total. The predicted octanol–water partition coefficient (Wildman–Crippen LogP) is 6.00. The lowest BCUT2D eigenvalue weighted by atomic mass is 9.99. The van der Waals surface area contributed by atoms with Crippen LogP contribution in [-0.4, -0.2) is 19.0 Å². The Hall–Kier alpha value is -2.92. The number of rotatable bonds is 5. The molecule has 1 heterocycles. The van der Waals surface area contributed by atoms with E-state index in [4.69, 9.17) is 4.74 Å². The van der Waals surface area contributed by atoms with Gasteiger partial charge in [-0.05, 0) is 29.5 Å². The molecule has 29 heavy (non-hydrogen) atoms. The molecule has 4 nitrogen and oxygen atoms in total. The molecule has 1 fully saturated rings. The zero-order chi connectivity index (χ0) is 20.2. The SMILES string of the molecule is COC(=O)c1c(-c2ccc(-c3ccccc3)cc2)csc1NC(=O)C1CCCC1. The van der Waals surface area contributed by atoms with Crippen LogP contribution in [0.1, 0.15) is 36.0 Å². The number of carbonyl (C=O) groups excluding carboxylic acids is 2. The summed E-state index contributed by atoms with van der Waals surface area (Å²) in [5.74, 6) is -0.396. The van der Waals surface area contributed by atoms with E-state index in [9.17, 15) is 9.59 Å². The topological polar surface area (TPSA) is 55.4 Å². The number of hydrogen-bond donors (Lipinski definition) is 1. The number of esters is 1. The van der Waals surface area contributed by atoms with Crippen LogP contribution in [0.5, 0.6) is 0 Å². The lowest BCUT2D eigenvalue weighted by Gasteiger charge is -2.11. The van der Waals surface area contributed by atoms with Gasteiger partial charge in [-0.2, -0.15) is 0 Å². The highest BCUT2D eigenvalue weighted by Crippen LogP contribution is 2.38. The lowest BCUT2D eigenvalue weighted by molar-refractivity contribution is -0.119. The van der Waals surface area contributed by atoms with Crippen LogP contribution < -0.4 is 5.32 Å². The smallest absolute Gasteiger partial charge is 0.341 e. The predicted molar refractivity (Wildman–Crippen MR) is 117 cm³/mol. The summed E-state index contributed by atoms with van der Waals surface area (Å²) in [6.07, 6.45) is 4.01. The number of thiophene rings is 1. The fourth-order valence-electron chi connectivity index (χ4n) is 3.84. The summed E-state index contributed by atoms with van der Waals surface area (Å²) in [7, 11) is 1.37. The molecule has 0 unspecified atom stereocenters. The summed E-state index contributed by atoms with van der Waals surface area (Å²) in [6.45, 7) is 0. The van der Waals surface area contributed by atoms with Crippen molar-refractivity contribution in [2.24, 2.45) is 5.92 Å². The third-order valence-corrected chi connectivity index (χ3v) is 6.34. The van der Waals surface area contributed by atoms with Gasteiger partial charge in [-0.25, -0.2) is 4.79 Å². The van der Waals surface area contributed by atoms with Crippen molar-refractivity contribution in [3.05, 3.63) is 65.5 Å². The van der Waals surface area contributed by atoms with Crippen LogP contribution in [0, 0.1) is 5.92 Å². The minimum absolute atomic E-state index is 0.000443. The van der Waals surface area contributed by atoms with E-state index < -0.39 is 5.97 Å². The molecule has 0 bridgehead atoms. The van der Waals surface area contributed by atoms with Gasteiger partial charge < -0.3 is 10.1 Å². The number of amides is 1. The van der Waals surface area contributed by atoms with E-state index in [1.165, 1.54) is 18.4 Å². The van der Waals surface area contributed by atoms with Gasteiger partial charge in [0.2, 0.25) is 5.91 Å². The number of carbonyl (C=O) groups is 2. The molecule has 0 aliphatic heterocycles. The summed E-state index contributed by atoms with van der Waals surface area (Å²) < 4.78 is 5.01. The Labute approximate surface area is 174 Å². The quantitative estimate of drug-likeness (QED) is 0.530. The van der Waals surface area contributed by atoms with Crippen molar-refractivity contribution in [3.63, 3.8) is 0 Å². The van der Waals surface area contributed by atoms with Crippen LogP contribution in [0.2, 0.25) is 0 Å². The van der Waals surface area contributed by atoms with Crippen LogP contribution in [-0.2, 0) is 9.53 Å². The fraction of sp³-hybridized carbons (Fsp3) is 0.250. The van der Waals surface area contributed by atoms with Gasteiger partial charge in [0.05, 0.1) is 7.11 Å². The minimum atomic E-state index is -0.435. The molecule has 0 saturated heterocycles. The highest BCUT2D eigenvalue weighted by atomic mass is 32.1. The summed E-state index contributed by atoms with van der Waals surface area (Å²) in [5, 5.41) is 5.45. The molecule has 0 radical (unpaired) electrons. The van der Waals surface area contributed by atoms with Gasteiger partial charge in [0.25, 0.3) is 0 Å². The Balaban J connectivity index is 1.64. The molecule has 4 rings (SSSR count). The van der Waals surface area contributed by atoms with E-state index in [0.29, 0.717) is 10.6 Å². The molecule has 1 aromatic heterocycles. The van der Waals surface area contributed by atoms with Crippen molar-refractivity contribution in [2.45, 2.75) is 25.7 Å².